The first kappa shape index (κ1) is 14.7. The van der Waals surface area contributed by atoms with Gasteiger partial charge in [0.1, 0.15) is 6.54 Å². The number of nitro groups is 1. The van der Waals surface area contributed by atoms with E-state index < -0.39 is 16.9 Å². The van der Waals surface area contributed by atoms with Crippen molar-refractivity contribution in [1.29, 1.82) is 0 Å². The standard InChI is InChI=1S/C13H14N4O4/c18-9-11(10-4-2-1-3-5-10)14-13(19)8-16-7-6-12(15-16)17(20)21/h1-7,11,18H,8-9H2,(H,14,19)/t11-/m0/s1. The van der Waals surface area contributed by atoms with Gasteiger partial charge >= 0.3 is 5.82 Å². The minimum atomic E-state index is -0.630. The number of aliphatic hydroxyl groups excluding tert-OH is 1. The highest BCUT2D eigenvalue weighted by Crippen LogP contribution is 2.11. The molecule has 1 aromatic heterocycles. The Bertz CT molecular complexity index is 626. The number of hydrogen-bond acceptors (Lipinski definition) is 5. The fraction of sp³-hybridized carbons (Fsp3) is 0.231. The number of nitrogens with one attached hydrogen (secondary N) is 1. The molecule has 8 nitrogen and oxygen atoms in total. The van der Waals surface area contributed by atoms with Crippen LogP contribution in [0.2, 0.25) is 0 Å². The maximum absolute atomic E-state index is 11.9. The molecule has 110 valence electrons. The van der Waals surface area contributed by atoms with E-state index in [2.05, 4.69) is 10.4 Å². The van der Waals surface area contributed by atoms with Crippen molar-refractivity contribution in [2.24, 2.45) is 0 Å². The highest BCUT2D eigenvalue weighted by atomic mass is 16.6. The van der Waals surface area contributed by atoms with Gasteiger partial charge in [-0.2, -0.15) is 4.68 Å². The lowest BCUT2D eigenvalue weighted by Crippen LogP contribution is -2.33. The molecule has 0 aliphatic heterocycles. The Morgan fingerprint density at radius 2 is 2.10 bits per heavy atom. The van der Waals surface area contributed by atoms with Gasteiger partial charge in [-0.15, -0.1) is 0 Å². The van der Waals surface area contributed by atoms with Crippen molar-refractivity contribution in [2.75, 3.05) is 6.61 Å². The number of hydrogen-bond donors (Lipinski definition) is 2. The van der Waals surface area contributed by atoms with Gasteiger partial charge in [0.25, 0.3) is 0 Å². The van der Waals surface area contributed by atoms with E-state index in [-0.39, 0.29) is 19.0 Å². The molecule has 2 aromatic rings. The zero-order chi connectivity index (χ0) is 15.2. The predicted octanol–water partition coefficient (Wildman–Crippen LogP) is 0.641. The normalized spacial score (nSPS) is 11.9. The fourth-order valence-electron chi connectivity index (χ4n) is 1.84. The number of amides is 1. The molecule has 0 radical (unpaired) electrons. The van der Waals surface area contributed by atoms with Crippen molar-refractivity contribution in [3.05, 3.63) is 58.3 Å². The number of nitrogens with zero attached hydrogens (tertiary/aromatic N) is 3. The Labute approximate surface area is 120 Å². The number of aromatic nitrogens is 2. The lowest BCUT2D eigenvalue weighted by atomic mass is 10.1. The van der Waals surface area contributed by atoms with Crippen LogP contribution in [0.3, 0.4) is 0 Å². The summed E-state index contributed by atoms with van der Waals surface area (Å²) in [6.45, 7) is -0.397. The Morgan fingerprint density at radius 1 is 1.38 bits per heavy atom. The van der Waals surface area contributed by atoms with Crippen molar-refractivity contribution in [1.82, 2.24) is 15.1 Å². The van der Waals surface area contributed by atoms with Crippen LogP contribution >= 0.6 is 0 Å². The number of carbonyl (C=O) groups excluding carboxylic acids is 1. The van der Waals surface area contributed by atoms with E-state index in [1.54, 1.807) is 24.3 Å². The first-order valence-corrected chi connectivity index (χ1v) is 6.23. The fourth-order valence-corrected chi connectivity index (χ4v) is 1.84. The highest BCUT2D eigenvalue weighted by molar-refractivity contribution is 5.76. The van der Waals surface area contributed by atoms with E-state index in [1.165, 1.54) is 16.9 Å². The summed E-state index contributed by atoms with van der Waals surface area (Å²) < 4.78 is 1.17. The van der Waals surface area contributed by atoms with Gasteiger partial charge in [-0.25, -0.2) is 0 Å². The Balaban J connectivity index is 1.98. The molecule has 0 aliphatic rings. The van der Waals surface area contributed by atoms with Crippen LogP contribution in [0.4, 0.5) is 5.82 Å². The van der Waals surface area contributed by atoms with Crippen molar-refractivity contribution in [3.8, 4) is 0 Å². The van der Waals surface area contributed by atoms with Gasteiger partial charge in [-0.1, -0.05) is 30.3 Å². The van der Waals surface area contributed by atoms with Crippen molar-refractivity contribution in [2.45, 2.75) is 12.6 Å². The van der Waals surface area contributed by atoms with E-state index in [4.69, 9.17) is 0 Å². The molecule has 1 amide bonds. The van der Waals surface area contributed by atoms with Crippen molar-refractivity contribution >= 4 is 11.7 Å². The second-order valence-corrected chi connectivity index (χ2v) is 4.34. The number of rotatable bonds is 6. The minimum absolute atomic E-state index is 0.156. The van der Waals surface area contributed by atoms with Crippen LogP contribution < -0.4 is 5.32 Å². The first-order chi connectivity index (χ1) is 10.1. The SMILES string of the molecule is O=C(Cn1ccc([N+](=O)[O-])n1)N[C@@H](CO)c1ccccc1. The summed E-state index contributed by atoms with van der Waals surface area (Å²) >= 11 is 0. The third-order valence-corrected chi connectivity index (χ3v) is 2.84. The molecular formula is C13H14N4O4. The van der Waals surface area contributed by atoms with Crippen LogP contribution in [0.5, 0.6) is 0 Å². The number of benzene rings is 1. The molecule has 2 N–H and O–H groups in total. The highest BCUT2D eigenvalue weighted by Gasteiger charge is 2.16. The zero-order valence-corrected chi connectivity index (χ0v) is 11.0. The molecule has 1 atom stereocenters. The Kier molecular flexibility index (Phi) is 4.62. The summed E-state index contributed by atoms with van der Waals surface area (Å²) in [4.78, 5) is 21.8. The summed E-state index contributed by atoms with van der Waals surface area (Å²) in [5.41, 5.74) is 0.778. The third-order valence-electron chi connectivity index (χ3n) is 2.84. The summed E-state index contributed by atoms with van der Waals surface area (Å²) in [6.07, 6.45) is 1.36. The van der Waals surface area contributed by atoms with Gasteiger partial charge in [0.2, 0.25) is 5.91 Å². The lowest BCUT2D eigenvalue weighted by Gasteiger charge is -2.16. The molecule has 0 saturated heterocycles. The molecule has 0 bridgehead atoms. The van der Waals surface area contributed by atoms with E-state index in [9.17, 15) is 20.0 Å². The van der Waals surface area contributed by atoms with E-state index in [1.807, 2.05) is 6.07 Å². The third kappa shape index (κ3) is 3.86. The second-order valence-electron chi connectivity index (χ2n) is 4.34. The minimum Gasteiger partial charge on any atom is -0.394 e. The van der Waals surface area contributed by atoms with Gasteiger partial charge in [0, 0.05) is 0 Å². The van der Waals surface area contributed by atoms with E-state index >= 15 is 0 Å². The average Bonchev–Trinajstić information content (AvgIpc) is 2.94. The molecule has 0 fully saturated rings. The van der Waals surface area contributed by atoms with Gasteiger partial charge in [0.15, 0.2) is 0 Å². The number of carbonyl (C=O) groups is 1. The summed E-state index contributed by atoms with van der Waals surface area (Å²) in [7, 11) is 0. The maximum Gasteiger partial charge on any atom is 0.389 e. The second kappa shape index (κ2) is 6.62. The number of aliphatic hydroxyl groups is 1. The van der Waals surface area contributed by atoms with E-state index in [0.29, 0.717) is 0 Å². The van der Waals surface area contributed by atoms with Crippen LogP contribution in [0.25, 0.3) is 0 Å². The maximum atomic E-state index is 11.9. The quantitative estimate of drug-likeness (QED) is 0.599. The Morgan fingerprint density at radius 3 is 2.67 bits per heavy atom. The van der Waals surface area contributed by atoms with Gasteiger partial charge < -0.3 is 20.5 Å². The predicted molar refractivity (Wildman–Crippen MR) is 73.3 cm³/mol. The van der Waals surface area contributed by atoms with Crippen LogP contribution in [0.15, 0.2) is 42.6 Å². The van der Waals surface area contributed by atoms with Crippen LogP contribution in [-0.2, 0) is 11.3 Å². The molecule has 1 heterocycles. The smallest absolute Gasteiger partial charge is 0.389 e. The topological polar surface area (TPSA) is 110 Å². The van der Waals surface area contributed by atoms with Crippen LogP contribution in [0.1, 0.15) is 11.6 Å². The van der Waals surface area contributed by atoms with Gasteiger partial charge in [-0.3, -0.25) is 4.79 Å². The molecule has 1 aromatic carbocycles. The van der Waals surface area contributed by atoms with E-state index in [0.717, 1.165) is 5.56 Å². The molecular weight excluding hydrogens is 276 g/mol. The largest absolute Gasteiger partial charge is 0.394 e. The summed E-state index contributed by atoms with van der Waals surface area (Å²) in [5.74, 6) is -0.708. The molecule has 21 heavy (non-hydrogen) atoms. The van der Waals surface area contributed by atoms with Crippen molar-refractivity contribution < 1.29 is 14.8 Å². The molecule has 0 saturated carbocycles. The summed E-state index contributed by atoms with van der Waals surface area (Å²) in [6, 6.07) is 9.72. The molecule has 8 heteroatoms. The van der Waals surface area contributed by atoms with Gasteiger partial charge in [-0.05, 0) is 10.5 Å². The molecule has 0 aliphatic carbocycles. The Hall–Kier alpha value is -2.74. The van der Waals surface area contributed by atoms with Crippen LogP contribution in [0, 0.1) is 10.1 Å². The molecule has 2 rings (SSSR count). The lowest BCUT2D eigenvalue weighted by molar-refractivity contribution is -0.389. The average molecular weight is 290 g/mol. The van der Waals surface area contributed by atoms with Crippen molar-refractivity contribution in [3.63, 3.8) is 0 Å². The monoisotopic (exact) mass is 290 g/mol. The molecule has 0 unspecified atom stereocenters. The van der Waals surface area contributed by atoms with Gasteiger partial charge in [0.05, 0.1) is 30.0 Å². The zero-order valence-electron chi connectivity index (χ0n) is 11.0. The molecule has 0 spiro atoms. The van der Waals surface area contributed by atoms with Crippen LogP contribution in [-0.4, -0.2) is 32.3 Å². The summed E-state index contributed by atoms with van der Waals surface area (Å²) in [5, 5.41) is 26.2. The first-order valence-electron chi connectivity index (χ1n) is 6.23.